The Labute approximate surface area is 157 Å². The second kappa shape index (κ2) is 7.45. The lowest BCUT2D eigenvalue weighted by atomic mass is 9.91. The fourth-order valence-corrected chi connectivity index (χ4v) is 3.93. The Balaban J connectivity index is 1.72. The Hall–Kier alpha value is -2.79. The van der Waals surface area contributed by atoms with Gasteiger partial charge in [0.15, 0.2) is 0 Å². The minimum atomic E-state index is -0.732. The lowest BCUT2D eigenvalue weighted by Gasteiger charge is -2.37. The fraction of sp³-hybridized carbons (Fsp3) is 0.273. The monoisotopic (exact) mass is 364 g/mol. The molecule has 0 bridgehead atoms. The second-order valence-electron chi connectivity index (χ2n) is 7.07. The van der Waals surface area contributed by atoms with Crippen LogP contribution in [0.25, 0.3) is 10.9 Å². The first kappa shape index (κ1) is 17.6. The van der Waals surface area contributed by atoms with Crippen molar-refractivity contribution in [2.24, 2.45) is 5.92 Å². The lowest BCUT2D eigenvalue weighted by Crippen LogP contribution is -2.39. The second-order valence-corrected chi connectivity index (χ2v) is 7.07. The number of aromatic nitrogens is 1. The van der Waals surface area contributed by atoms with Gasteiger partial charge in [-0.2, -0.15) is 0 Å². The van der Waals surface area contributed by atoms with Crippen molar-refractivity contribution in [2.45, 2.75) is 18.9 Å². The number of nitrogens with zero attached hydrogens (tertiary/aromatic N) is 2. The van der Waals surface area contributed by atoms with E-state index in [1.54, 1.807) is 12.1 Å². The van der Waals surface area contributed by atoms with Gasteiger partial charge in [0.2, 0.25) is 0 Å². The van der Waals surface area contributed by atoms with Crippen LogP contribution in [0.15, 0.2) is 60.8 Å². The van der Waals surface area contributed by atoms with Crippen LogP contribution < -0.4 is 0 Å². The molecule has 2 heterocycles. The van der Waals surface area contributed by atoms with Gasteiger partial charge in [-0.1, -0.05) is 30.3 Å². The number of pyridine rings is 1. The molecule has 0 spiro atoms. The molecule has 1 atom stereocenters. The molecule has 1 fully saturated rings. The van der Waals surface area contributed by atoms with Crippen molar-refractivity contribution in [1.29, 1.82) is 0 Å². The van der Waals surface area contributed by atoms with Crippen LogP contribution in [0.2, 0.25) is 0 Å². The number of benzene rings is 2. The maximum Gasteiger partial charge on any atom is 0.306 e. The summed E-state index contributed by atoms with van der Waals surface area (Å²) in [6, 6.07) is 16.5. The number of carbonyl (C=O) groups is 1. The van der Waals surface area contributed by atoms with Crippen LogP contribution in [0, 0.1) is 11.7 Å². The molecule has 1 aliphatic rings. The van der Waals surface area contributed by atoms with Crippen molar-refractivity contribution < 1.29 is 14.3 Å². The largest absolute Gasteiger partial charge is 0.481 e. The molecular formula is C22H21FN2O2. The highest BCUT2D eigenvalue weighted by atomic mass is 19.1. The lowest BCUT2D eigenvalue weighted by molar-refractivity contribution is -0.143. The first-order chi connectivity index (χ1) is 13.1. The van der Waals surface area contributed by atoms with Gasteiger partial charge in [-0.15, -0.1) is 0 Å². The topological polar surface area (TPSA) is 53.4 Å². The molecule has 1 aromatic heterocycles. The molecule has 0 amide bonds. The number of hydrogen-bond donors (Lipinski definition) is 1. The number of carboxylic acids is 1. The van der Waals surface area contributed by atoms with Crippen molar-refractivity contribution in [3.05, 3.63) is 77.7 Å². The molecule has 1 saturated heterocycles. The minimum Gasteiger partial charge on any atom is -0.481 e. The van der Waals surface area contributed by atoms with Crippen LogP contribution >= 0.6 is 0 Å². The zero-order chi connectivity index (χ0) is 18.8. The highest BCUT2D eigenvalue weighted by Crippen LogP contribution is 2.33. The standard InChI is InChI=1S/C22H21FN2O2/c23-19-6-3-5-17(13-19)21(25-10-8-15(9-11-25)22(26)27)18-12-16-4-1-2-7-20(16)24-14-18/h1-7,12-15,21H,8-11H2,(H,26,27). The molecule has 0 radical (unpaired) electrons. The van der Waals surface area contributed by atoms with Crippen molar-refractivity contribution in [3.8, 4) is 0 Å². The van der Waals surface area contributed by atoms with E-state index in [1.807, 2.05) is 36.5 Å². The number of carboxylic acid groups (broad SMARTS) is 1. The first-order valence-corrected chi connectivity index (χ1v) is 9.19. The van der Waals surface area contributed by atoms with Crippen LogP contribution in [0.5, 0.6) is 0 Å². The Morgan fingerprint density at radius 2 is 1.85 bits per heavy atom. The quantitative estimate of drug-likeness (QED) is 0.752. The molecule has 2 aromatic carbocycles. The van der Waals surface area contributed by atoms with Crippen molar-refractivity contribution >= 4 is 16.9 Å². The summed E-state index contributed by atoms with van der Waals surface area (Å²) >= 11 is 0. The molecule has 0 saturated carbocycles. The average Bonchev–Trinajstić information content (AvgIpc) is 2.68. The van der Waals surface area contributed by atoms with Gasteiger partial charge < -0.3 is 5.11 Å². The van der Waals surface area contributed by atoms with Gasteiger partial charge in [-0.05, 0) is 61.3 Å². The highest BCUT2D eigenvalue weighted by Gasteiger charge is 2.30. The van der Waals surface area contributed by atoms with E-state index in [1.165, 1.54) is 6.07 Å². The molecule has 1 N–H and O–H groups in total. The molecule has 0 aliphatic carbocycles. The van der Waals surface area contributed by atoms with Crippen molar-refractivity contribution in [3.63, 3.8) is 0 Å². The van der Waals surface area contributed by atoms with Gasteiger partial charge in [-0.25, -0.2) is 4.39 Å². The van der Waals surface area contributed by atoms with Gasteiger partial charge in [0.05, 0.1) is 17.5 Å². The van der Waals surface area contributed by atoms with Gasteiger partial charge in [0.1, 0.15) is 5.82 Å². The van der Waals surface area contributed by atoms with Gasteiger partial charge in [-0.3, -0.25) is 14.7 Å². The summed E-state index contributed by atoms with van der Waals surface area (Å²) in [6.45, 7) is 1.32. The van der Waals surface area contributed by atoms with Crippen LogP contribution in [-0.2, 0) is 4.79 Å². The van der Waals surface area contributed by atoms with E-state index in [2.05, 4.69) is 16.0 Å². The molecule has 1 unspecified atom stereocenters. The van der Waals surface area contributed by atoms with Gasteiger partial charge in [0, 0.05) is 11.6 Å². The first-order valence-electron chi connectivity index (χ1n) is 9.19. The average molecular weight is 364 g/mol. The Bertz CT molecular complexity index is 967. The van der Waals surface area contributed by atoms with Gasteiger partial charge in [0.25, 0.3) is 0 Å². The summed E-state index contributed by atoms with van der Waals surface area (Å²) in [4.78, 5) is 18.1. The number of aliphatic carboxylic acids is 1. The molecule has 3 aromatic rings. The van der Waals surface area contributed by atoms with Crippen LogP contribution in [0.4, 0.5) is 4.39 Å². The summed E-state index contributed by atoms with van der Waals surface area (Å²) in [7, 11) is 0. The Morgan fingerprint density at radius 1 is 1.07 bits per heavy atom. The summed E-state index contributed by atoms with van der Waals surface area (Å²) in [5.74, 6) is -1.31. The highest BCUT2D eigenvalue weighted by molar-refractivity contribution is 5.79. The maximum atomic E-state index is 13.9. The predicted molar refractivity (Wildman–Crippen MR) is 102 cm³/mol. The van der Waals surface area contributed by atoms with Gasteiger partial charge >= 0.3 is 5.97 Å². The summed E-state index contributed by atoms with van der Waals surface area (Å²) < 4.78 is 13.9. The SMILES string of the molecule is O=C(O)C1CCN(C(c2cccc(F)c2)c2cnc3ccccc3c2)CC1. The van der Waals surface area contributed by atoms with Crippen LogP contribution in [0.1, 0.15) is 30.0 Å². The molecule has 138 valence electrons. The maximum absolute atomic E-state index is 13.9. The number of fused-ring (bicyclic) bond motifs is 1. The van der Waals surface area contributed by atoms with Crippen LogP contribution in [0.3, 0.4) is 0 Å². The third kappa shape index (κ3) is 3.69. The zero-order valence-electron chi connectivity index (χ0n) is 14.9. The summed E-state index contributed by atoms with van der Waals surface area (Å²) in [6.07, 6.45) is 3.05. The van der Waals surface area contributed by atoms with E-state index in [0.29, 0.717) is 25.9 Å². The number of rotatable bonds is 4. The zero-order valence-corrected chi connectivity index (χ0v) is 14.9. The number of piperidine rings is 1. The number of likely N-dealkylation sites (tertiary alicyclic amines) is 1. The normalized spacial score (nSPS) is 17.1. The minimum absolute atomic E-state index is 0.146. The van der Waals surface area contributed by atoms with Crippen molar-refractivity contribution in [1.82, 2.24) is 9.88 Å². The van der Waals surface area contributed by atoms with E-state index < -0.39 is 5.97 Å². The van der Waals surface area contributed by atoms with E-state index in [-0.39, 0.29) is 17.8 Å². The summed E-state index contributed by atoms with van der Waals surface area (Å²) in [5.41, 5.74) is 2.78. The number of hydrogen-bond acceptors (Lipinski definition) is 3. The molecule has 1 aliphatic heterocycles. The predicted octanol–water partition coefficient (Wildman–Crippen LogP) is 4.26. The van der Waals surface area contributed by atoms with Crippen molar-refractivity contribution in [2.75, 3.05) is 13.1 Å². The van der Waals surface area contributed by atoms with Crippen LogP contribution in [-0.4, -0.2) is 34.0 Å². The third-order valence-electron chi connectivity index (χ3n) is 5.34. The Morgan fingerprint density at radius 3 is 2.59 bits per heavy atom. The van der Waals surface area contributed by atoms with E-state index >= 15 is 0 Å². The smallest absolute Gasteiger partial charge is 0.306 e. The van der Waals surface area contributed by atoms with E-state index in [4.69, 9.17) is 0 Å². The molecule has 4 rings (SSSR count). The molecular weight excluding hydrogens is 343 g/mol. The number of para-hydroxylation sites is 1. The number of halogens is 1. The summed E-state index contributed by atoms with van der Waals surface area (Å²) in [5, 5.41) is 10.3. The molecule has 5 heteroatoms. The molecule has 27 heavy (non-hydrogen) atoms. The Kier molecular flexibility index (Phi) is 4.86. The fourth-order valence-electron chi connectivity index (χ4n) is 3.93. The third-order valence-corrected chi connectivity index (χ3v) is 5.34. The van der Waals surface area contributed by atoms with E-state index in [9.17, 15) is 14.3 Å². The molecule has 4 nitrogen and oxygen atoms in total. The van der Waals surface area contributed by atoms with E-state index in [0.717, 1.165) is 22.0 Å².